The minimum atomic E-state index is 0.604. The van der Waals surface area contributed by atoms with Crippen LogP contribution < -0.4 is 0 Å². The van der Waals surface area contributed by atoms with E-state index >= 15 is 0 Å². The number of H-pyrrole nitrogens is 1. The molecule has 20 heavy (non-hydrogen) atoms. The molecule has 1 N–H and O–H groups in total. The summed E-state index contributed by atoms with van der Waals surface area (Å²) in [5, 5.41) is 7.31. The minimum absolute atomic E-state index is 0.604. The number of nitrogens with one attached hydrogen (secondary N) is 1. The van der Waals surface area contributed by atoms with E-state index in [4.69, 9.17) is 12.2 Å². The Labute approximate surface area is 122 Å². The number of nitrogens with zero attached hydrogens (tertiary/aromatic N) is 2. The zero-order chi connectivity index (χ0) is 14.1. The first-order valence-corrected chi connectivity index (χ1v) is 6.89. The van der Waals surface area contributed by atoms with Crippen molar-refractivity contribution in [3.8, 4) is 17.1 Å². The molecule has 0 unspecified atom stereocenters. The van der Waals surface area contributed by atoms with Crippen LogP contribution in [0.5, 0.6) is 0 Å². The summed E-state index contributed by atoms with van der Waals surface area (Å²) in [6, 6.07) is 16.3. The van der Waals surface area contributed by atoms with E-state index in [1.807, 2.05) is 41.0 Å². The van der Waals surface area contributed by atoms with Crippen LogP contribution in [0.3, 0.4) is 0 Å². The second-order valence-electron chi connectivity index (χ2n) is 4.77. The molecule has 3 aromatic rings. The Kier molecular flexibility index (Phi) is 3.24. The summed E-state index contributed by atoms with van der Waals surface area (Å²) in [4.78, 5) is 0. The highest BCUT2D eigenvalue weighted by Crippen LogP contribution is 2.26. The molecule has 100 valence electrons. The van der Waals surface area contributed by atoms with Crippen molar-refractivity contribution in [2.75, 3.05) is 0 Å². The van der Waals surface area contributed by atoms with Gasteiger partial charge in [0.1, 0.15) is 0 Å². The molecule has 0 bridgehead atoms. The molecule has 0 fully saturated rings. The predicted octanol–water partition coefficient (Wildman–Crippen LogP) is 4.21. The number of benzene rings is 2. The van der Waals surface area contributed by atoms with Crippen LogP contribution in [0.4, 0.5) is 0 Å². The molecule has 0 saturated carbocycles. The van der Waals surface area contributed by atoms with Crippen molar-refractivity contribution in [2.45, 2.75) is 13.8 Å². The van der Waals surface area contributed by atoms with Crippen molar-refractivity contribution in [3.05, 3.63) is 64.4 Å². The third-order valence-electron chi connectivity index (χ3n) is 3.53. The lowest BCUT2D eigenvalue weighted by atomic mass is 10.0. The Bertz CT molecular complexity index is 800. The Morgan fingerprint density at radius 1 is 1.00 bits per heavy atom. The van der Waals surface area contributed by atoms with Gasteiger partial charge in [0.15, 0.2) is 10.6 Å². The van der Waals surface area contributed by atoms with Crippen molar-refractivity contribution in [3.63, 3.8) is 0 Å². The first-order valence-electron chi connectivity index (χ1n) is 6.48. The van der Waals surface area contributed by atoms with Gasteiger partial charge in [0.2, 0.25) is 0 Å². The van der Waals surface area contributed by atoms with Gasteiger partial charge in [-0.25, -0.2) is 0 Å². The SMILES string of the molecule is Cc1cccc(-c2n[nH]c(=S)n2-c2ccccc2)c1C. The van der Waals surface area contributed by atoms with Gasteiger partial charge in [-0.05, 0) is 49.3 Å². The topological polar surface area (TPSA) is 33.6 Å². The quantitative estimate of drug-likeness (QED) is 0.714. The number of aromatic nitrogens is 3. The Morgan fingerprint density at radius 2 is 1.75 bits per heavy atom. The maximum absolute atomic E-state index is 5.38. The Hall–Kier alpha value is -2.20. The molecular weight excluding hydrogens is 266 g/mol. The smallest absolute Gasteiger partial charge is 0.200 e. The van der Waals surface area contributed by atoms with Gasteiger partial charge in [-0.15, -0.1) is 0 Å². The maximum atomic E-state index is 5.38. The van der Waals surface area contributed by atoms with Gasteiger partial charge in [0, 0.05) is 11.3 Å². The lowest BCUT2D eigenvalue weighted by Gasteiger charge is -2.10. The van der Waals surface area contributed by atoms with Crippen LogP contribution in [0.1, 0.15) is 11.1 Å². The molecule has 0 amide bonds. The van der Waals surface area contributed by atoms with Gasteiger partial charge in [0.05, 0.1) is 0 Å². The highest BCUT2D eigenvalue weighted by Gasteiger charge is 2.13. The summed E-state index contributed by atoms with van der Waals surface area (Å²) < 4.78 is 2.57. The van der Waals surface area contributed by atoms with Gasteiger partial charge in [-0.2, -0.15) is 5.10 Å². The molecule has 4 heteroatoms. The molecule has 0 radical (unpaired) electrons. The lowest BCUT2D eigenvalue weighted by molar-refractivity contribution is 1.03. The van der Waals surface area contributed by atoms with Crippen LogP contribution in [0, 0.1) is 18.6 Å². The molecule has 1 heterocycles. The summed E-state index contributed by atoms with van der Waals surface area (Å²) in [6.07, 6.45) is 0. The van der Waals surface area contributed by atoms with Gasteiger partial charge in [0.25, 0.3) is 0 Å². The van der Waals surface area contributed by atoms with E-state index < -0.39 is 0 Å². The summed E-state index contributed by atoms with van der Waals surface area (Å²) in [5.41, 5.74) is 4.58. The highest BCUT2D eigenvalue weighted by atomic mass is 32.1. The van der Waals surface area contributed by atoms with Crippen molar-refractivity contribution in [1.29, 1.82) is 0 Å². The van der Waals surface area contributed by atoms with Crippen LogP contribution in [-0.4, -0.2) is 14.8 Å². The van der Waals surface area contributed by atoms with Crippen LogP contribution in [0.25, 0.3) is 17.1 Å². The van der Waals surface area contributed by atoms with Crippen LogP contribution in [-0.2, 0) is 0 Å². The van der Waals surface area contributed by atoms with Gasteiger partial charge in [-0.3, -0.25) is 9.67 Å². The number of rotatable bonds is 2. The minimum Gasteiger partial charge on any atom is -0.268 e. The Morgan fingerprint density at radius 3 is 2.50 bits per heavy atom. The molecule has 0 spiro atoms. The number of aromatic amines is 1. The monoisotopic (exact) mass is 281 g/mol. The average molecular weight is 281 g/mol. The van der Waals surface area contributed by atoms with Crippen LogP contribution in [0.15, 0.2) is 48.5 Å². The first kappa shape index (κ1) is 12.8. The van der Waals surface area contributed by atoms with Crippen molar-refractivity contribution < 1.29 is 0 Å². The van der Waals surface area contributed by atoms with E-state index in [1.165, 1.54) is 11.1 Å². The normalized spacial score (nSPS) is 10.7. The number of aryl methyl sites for hydroxylation is 1. The second kappa shape index (κ2) is 5.06. The molecule has 0 aliphatic heterocycles. The van der Waals surface area contributed by atoms with Gasteiger partial charge in [-0.1, -0.05) is 36.4 Å². The van der Waals surface area contributed by atoms with Crippen molar-refractivity contribution >= 4 is 12.2 Å². The number of hydrogen-bond donors (Lipinski definition) is 1. The first-order chi connectivity index (χ1) is 9.68. The van der Waals surface area contributed by atoms with E-state index in [-0.39, 0.29) is 0 Å². The molecule has 1 aromatic heterocycles. The number of para-hydroxylation sites is 1. The standard InChI is InChI=1S/C16H15N3S/c1-11-7-6-10-14(12(11)2)15-17-18-16(20)19(15)13-8-4-3-5-9-13/h3-10H,1-2H3,(H,18,20). The third kappa shape index (κ3) is 2.08. The summed E-state index contributed by atoms with van der Waals surface area (Å²) in [7, 11) is 0. The lowest BCUT2D eigenvalue weighted by Crippen LogP contribution is -1.99. The fraction of sp³-hybridized carbons (Fsp3) is 0.125. The van der Waals surface area contributed by atoms with E-state index in [0.29, 0.717) is 4.77 Å². The zero-order valence-electron chi connectivity index (χ0n) is 11.4. The number of hydrogen-bond acceptors (Lipinski definition) is 2. The largest absolute Gasteiger partial charge is 0.268 e. The second-order valence-corrected chi connectivity index (χ2v) is 5.16. The average Bonchev–Trinajstić information content (AvgIpc) is 2.84. The summed E-state index contributed by atoms with van der Waals surface area (Å²) >= 11 is 5.38. The van der Waals surface area contributed by atoms with Crippen molar-refractivity contribution in [1.82, 2.24) is 14.8 Å². The maximum Gasteiger partial charge on any atom is 0.200 e. The third-order valence-corrected chi connectivity index (χ3v) is 3.81. The zero-order valence-corrected chi connectivity index (χ0v) is 12.2. The van der Waals surface area contributed by atoms with E-state index in [2.05, 4.69) is 36.2 Å². The van der Waals surface area contributed by atoms with Crippen LogP contribution >= 0.6 is 12.2 Å². The molecule has 0 aliphatic carbocycles. The summed E-state index contributed by atoms with van der Waals surface area (Å²) in [6.45, 7) is 4.21. The molecule has 3 rings (SSSR count). The van der Waals surface area contributed by atoms with Gasteiger partial charge < -0.3 is 0 Å². The molecule has 3 nitrogen and oxygen atoms in total. The predicted molar refractivity (Wildman–Crippen MR) is 83.7 cm³/mol. The van der Waals surface area contributed by atoms with Crippen molar-refractivity contribution in [2.24, 2.45) is 0 Å². The molecule has 0 atom stereocenters. The highest BCUT2D eigenvalue weighted by molar-refractivity contribution is 7.71. The fourth-order valence-corrected chi connectivity index (χ4v) is 2.53. The molecule has 0 aliphatic rings. The van der Waals surface area contributed by atoms with E-state index in [1.54, 1.807) is 0 Å². The summed E-state index contributed by atoms with van der Waals surface area (Å²) in [5.74, 6) is 0.849. The van der Waals surface area contributed by atoms with Crippen LogP contribution in [0.2, 0.25) is 0 Å². The van der Waals surface area contributed by atoms with Gasteiger partial charge >= 0.3 is 0 Å². The molecular formula is C16H15N3S. The fourth-order valence-electron chi connectivity index (χ4n) is 2.29. The molecule has 2 aromatic carbocycles. The van der Waals surface area contributed by atoms with E-state index in [0.717, 1.165) is 17.1 Å². The Balaban J connectivity index is 2.27. The molecule has 0 saturated heterocycles. The van der Waals surface area contributed by atoms with E-state index in [9.17, 15) is 0 Å².